The van der Waals surface area contributed by atoms with Gasteiger partial charge in [-0.05, 0) is 57.1 Å². The van der Waals surface area contributed by atoms with Crippen LogP contribution >= 0.6 is 22.7 Å². The van der Waals surface area contributed by atoms with E-state index >= 15 is 0 Å². The predicted molar refractivity (Wildman–Crippen MR) is 84.9 cm³/mol. The maximum Gasteiger partial charge on any atom is 0.403 e. The smallest absolute Gasteiger partial charge is 0.170 e. The van der Waals surface area contributed by atoms with E-state index in [1.807, 2.05) is 19.9 Å². The van der Waals surface area contributed by atoms with Gasteiger partial charge in [-0.15, -0.1) is 22.7 Å². The Kier molecular flexibility index (Phi) is 4.23. The summed E-state index contributed by atoms with van der Waals surface area (Å²) in [6.45, 7) is 3.85. The number of aryl methyl sites for hydroxylation is 2. The summed E-state index contributed by atoms with van der Waals surface area (Å²) in [5.74, 6) is -0.227. The second-order valence-electron chi connectivity index (χ2n) is 6.47. The molecule has 1 aliphatic rings. The summed E-state index contributed by atoms with van der Waals surface area (Å²) >= 11 is 3.14. The summed E-state index contributed by atoms with van der Waals surface area (Å²) in [4.78, 5) is 2.11. The second kappa shape index (κ2) is 5.62. The Balaban J connectivity index is 1.92. The molecule has 1 fully saturated rings. The van der Waals surface area contributed by atoms with Crippen LogP contribution in [-0.2, 0) is 0 Å². The van der Waals surface area contributed by atoms with E-state index < -0.39 is 30.6 Å². The van der Waals surface area contributed by atoms with Crippen LogP contribution < -0.4 is 0 Å². The lowest BCUT2D eigenvalue weighted by atomic mass is 9.68. The predicted octanol–water partition coefficient (Wildman–Crippen LogP) is 7.35. The van der Waals surface area contributed by atoms with Gasteiger partial charge in [0, 0.05) is 19.2 Å². The monoisotopic (exact) mass is 386 g/mol. The van der Waals surface area contributed by atoms with E-state index in [-0.39, 0.29) is 18.8 Å². The topological polar surface area (TPSA) is 0 Å². The molecule has 1 aliphatic carbocycles. The van der Waals surface area contributed by atoms with Crippen molar-refractivity contribution in [2.24, 2.45) is 5.41 Å². The first-order valence-electron chi connectivity index (χ1n) is 7.59. The lowest BCUT2D eigenvalue weighted by Crippen LogP contribution is -2.51. The minimum Gasteiger partial charge on any atom is -0.170 e. The van der Waals surface area contributed by atoms with Crippen molar-refractivity contribution in [3.8, 4) is 0 Å². The fourth-order valence-corrected chi connectivity index (χ4v) is 6.36. The Hall–Kier alpha value is -0.760. The number of rotatable bonds is 1. The summed E-state index contributed by atoms with van der Waals surface area (Å²) in [6.07, 6.45) is -12.4. The van der Waals surface area contributed by atoms with Gasteiger partial charge in [0.2, 0.25) is 0 Å². The minimum atomic E-state index is -5.26. The molecule has 0 radical (unpaired) electrons. The van der Waals surface area contributed by atoms with Crippen LogP contribution in [0, 0.1) is 19.3 Å². The van der Waals surface area contributed by atoms with Gasteiger partial charge in [0.1, 0.15) is 0 Å². The molecule has 0 saturated heterocycles. The van der Waals surface area contributed by atoms with Gasteiger partial charge < -0.3 is 0 Å². The lowest BCUT2D eigenvalue weighted by molar-refractivity contribution is -0.350. The quantitative estimate of drug-likeness (QED) is 0.450. The molecule has 2 heterocycles. The molecule has 0 bridgehead atoms. The number of thiophene rings is 2. The molecule has 0 N–H and O–H groups in total. The molecule has 0 aromatic carbocycles. The van der Waals surface area contributed by atoms with Gasteiger partial charge in [0.05, 0.1) is 0 Å². The third-order valence-electron chi connectivity index (χ3n) is 5.04. The van der Waals surface area contributed by atoms with Gasteiger partial charge in [-0.1, -0.05) is 0 Å². The summed E-state index contributed by atoms with van der Waals surface area (Å²) in [5.41, 5.74) is -2.59. The summed E-state index contributed by atoms with van der Waals surface area (Å²) in [6, 6.07) is 2.03. The largest absolute Gasteiger partial charge is 0.403 e. The molecular weight excluding hydrogens is 370 g/mol. The Morgan fingerprint density at radius 3 is 2.00 bits per heavy atom. The highest BCUT2D eigenvalue weighted by Crippen LogP contribution is 2.61. The second-order valence-corrected chi connectivity index (χ2v) is 8.99. The molecule has 0 aliphatic heterocycles. The molecule has 0 amide bonds. The van der Waals surface area contributed by atoms with E-state index in [0.29, 0.717) is 0 Å². The Morgan fingerprint density at radius 1 is 0.958 bits per heavy atom. The van der Waals surface area contributed by atoms with Gasteiger partial charge in [-0.3, -0.25) is 0 Å². The summed E-state index contributed by atoms with van der Waals surface area (Å²) < 4.78 is 81.2. The maximum absolute atomic E-state index is 13.2. The van der Waals surface area contributed by atoms with Crippen LogP contribution in [0.15, 0.2) is 6.07 Å². The zero-order valence-corrected chi connectivity index (χ0v) is 14.7. The van der Waals surface area contributed by atoms with Gasteiger partial charge in [-0.25, -0.2) is 0 Å². The molecule has 3 rings (SSSR count). The molecule has 24 heavy (non-hydrogen) atoms. The Labute approximate surface area is 143 Å². The van der Waals surface area contributed by atoms with Crippen LogP contribution in [0.25, 0.3) is 9.40 Å². The average Bonchev–Trinajstić information content (AvgIpc) is 2.90. The standard InChI is InChI=1S/C16H16F6S2/c1-8-7-11-13(23-8)12(9(2)24-11)10-3-5-14(6-4-10,15(17,18)19)16(20,21)22/h7,10H,3-6H2,1-2H3. The highest BCUT2D eigenvalue weighted by Gasteiger charge is 2.70. The van der Waals surface area contributed by atoms with Crippen LogP contribution in [0.3, 0.4) is 0 Å². The van der Waals surface area contributed by atoms with Crippen LogP contribution in [-0.4, -0.2) is 12.4 Å². The lowest BCUT2D eigenvalue weighted by Gasteiger charge is -2.42. The van der Waals surface area contributed by atoms with Gasteiger partial charge >= 0.3 is 12.4 Å². The number of alkyl halides is 6. The zero-order chi connectivity index (χ0) is 17.9. The zero-order valence-electron chi connectivity index (χ0n) is 13.1. The van der Waals surface area contributed by atoms with Crippen molar-refractivity contribution in [1.29, 1.82) is 0 Å². The average molecular weight is 386 g/mol. The fourth-order valence-electron chi connectivity index (χ4n) is 3.73. The maximum atomic E-state index is 13.2. The number of hydrogen-bond acceptors (Lipinski definition) is 2. The van der Waals surface area contributed by atoms with Crippen molar-refractivity contribution in [3.63, 3.8) is 0 Å². The molecule has 8 heteroatoms. The fraction of sp³-hybridized carbons (Fsp3) is 0.625. The molecule has 0 nitrogen and oxygen atoms in total. The first-order valence-corrected chi connectivity index (χ1v) is 9.22. The summed E-state index contributed by atoms with van der Waals surface area (Å²) in [5, 5.41) is 0. The minimum absolute atomic E-state index is 0.0807. The number of halogens is 6. The number of fused-ring (bicyclic) bond motifs is 1. The van der Waals surface area contributed by atoms with Crippen molar-refractivity contribution < 1.29 is 26.3 Å². The van der Waals surface area contributed by atoms with Crippen LogP contribution in [0.5, 0.6) is 0 Å². The summed E-state index contributed by atoms with van der Waals surface area (Å²) in [7, 11) is 0. The molecule has 2 aromatic heterocycles. The van der Waals surface area contributed by atoms with Gasteiger partial charge in [0.15, 0.2) is 5.41 Å². The molecule has 0 atom stereocenters. The van der Waals surface area contributed by atoms with Gasteiger partial charge in [0.25, 0.3) is 0 Å². The molecule has 134 valence electrons. The van der Waals surface area contributed by atoms with Crippen molar-refractivity contribution in [2.45, 2.75) is 57.8 Å². The van der Waals surface area contributed by atoms with E-state index in [4.69, 9.17) is 0 Å². The van der Waals surface area contributed by atoms with E-state index in [2.05, 4.69) is 0 Å². The molecule has 0 unspecified atom stereocenters. The van der Waals surface area contributed by atoms with Gasteiger partial charge in [-0.2, -0.15) is 26.3 Å². The van der Waals surface area contributed by atoms with E-state index in [9.17, 15) is 26.3 Å². The highest BCUT2D eigenvalue weighted by atomic mass is 32.1. The normalized spacial score (nSPS) is 20.0. The van der Waals surface area contributed by atoms with E-state index in [1.165, 1.54) is 0 Å². The molecule has 1 saturated carbocycles. The van der Waals surface area contributed by atoms with E-state index in [0.717, 1.165) is 24.7 Å². The van der Waals surface area contributed by atoms with Crippen molar-refractivity contribution in [2.75, 3.05) is 0 Å². The third kappa shape index (κ3) is 2.66. The van der Waals surface area contributed by atoms with Crippen LogP contribution in [0.2, 0.25) is 0 Å². The molecular formula is C16H16F6S2. The highest BCUT2D eigenvalue weighted by molar-refractivity contribution is 7.28. The van der Waals surface area contributed by atoms with Crippen LogP contribution in [0.1, 0.15) is 46.9 Å². The first-order chi connectivity index (χ1) is 11.0. The van der Waals surface area contributed by atoms with E-state index in [1.54, 1.807) is 22.7 Å². The van der Waals surface area contributed by atoms with Crippen molar-refractivity contribution >= 4 is 32.1 Å². The Bertz CT molecular complexity index is 725. The number of hydrogen-bond donors (Lipinski definition) is 0. The molecule has 0 spiro atoms. The molecule has 2 aromatic rings. The van der Waals surface area contributed by atoms with Crippen LogP contribution in [0.4, 0.5) is 26.3 Å². The SMILES string of the molecule is Cc1cc2sc(C)c(C3CCC(C(F)(F)F)(C(F)(F)F)CC3)c2s1. The Morgan fingerprint density at radius 2 is 1.50 bits per heavy atom. The van der Waals surface area contributed by atoms with Crippen molar-refractivity contribution in [1.82, 2.24) is 0 Å². The van der Waals surface area contributed by atoms with Crippen molar-refractivity contribution in [3.05, 3.63) is 21.4 Å². The first kappa shape index (κ1) is 18.0. The third-order valence-corrected chi connectivity index (χ3v) is 7.32.